The molecule has 9 heteroatoms. The van der Waals surface area contributed by atoms with Crippen molar-refractivity contribution in [3.05, 3.63) is 46.9 Å². The number of fused-ring (bicyclic) bond motifs is 1. The lowest BCUT2D eigenvalue weighted by Gasteiger charge is -2.33. The number of aryl methyl sites for hydroxylation is 1. The van der Waals surface area contributed by atoms with Gasteiger partial charge in [0.15, 0.2) is 0 Å². The molecule has 0 spiro atoms. The maximum atomic E-state index is 13.8. The zero-order valence-electron chi connectivity index (χ0n) is 22.1. The molecule has 3 aliphatic rings. The second-order valence-corrected chi connectivity index (χ2v) is 10.8. The van der Waals surface area contributed by atoms with Gasteiger partial charge in [-0.05, 0) is 88.9 Å². The molecule has 2 amide bonds. The summed E-state index contributed by atoms with van der Waals surface area (Å²) < 4.78 is 1.80. The van der Waals surface area contributed by atoms with E-state index in [-0.39, 0.29) is 17.7 Å². The van der Waals surface area contributed by atoms with Gasteiger partial charge in [-0.2, -0.15) is 5.10 Å². The van der Waals surface area contributed by atoms with Gasteiger partial charge in [0.05, 0.1) is 24.1 Å². The monoisotopic (exact) mass is 528 g/mol. The zero-order valence-corrected chi connectivity index (χ0v) is 22.9. The number of rotatable bonds is 7. The summed E-state index contributed by atoms with van der Waals surface area (Å²) in [5.41, 5.74) is 4.10. The third-order valence-corrected chi connectivity index (χ3v) is 8.21. The highest BCUT2D eigenvalue weighted by atomic mass is 35.5. The summed E-state index contributed by atoms with van der Waals surface area (Å²) in [6, 6.07) is 0. The van der Waals surface area contributed by atoms with E-state index in [0.29, 0.717) is 31.3 Å². The minimum absolute atomic E-state index is 0.0356. The number of carbonyl (C=O) groups is 2. The SMILES string of the molecule is C/C=C1/Nc2c(cnn2C)CN(C(=O)C2CCC(CNC(=O)CCC3CCNCC3)CC2)/C1=C/C=C/Cl. The molecule has 0 bridgehead atoms. The lowest BCUT2D eigenvalue weighted by Crippen LogP contribution is -2.38. The number of anilines is 1. The van der Waals surface area contributed by atoms with Crippen molar-refractivity contribution in [3.63, 3.8) is 0 Å². The van der Waals surface area contributed by atoms with Crippen LogP contribution in [0.1, 0.15) is 63.9 Å². The number of piperidine rings is 1. The first-order valence-corrected chi connectivity index (χ1v) is 14.1. The Bertz CT molecular complexity index is 1030. The van der Waals surface area contributed by atoms with Crippen LogP contribution < -0.4 is 16.0 Å². The molecule has 0 atom stereocenters. The number of hydrogen-bond acceptors (Lipinski definition) is 5. The van der Waals surface area contributed by atoms with Crippen molar-refractivity contribution in [1.82, 2.24) is 25.3 Å². The van der Waals surface area contributed by atoms with Crippen molar-refractivity contribution in [3.8, 4) is 0 Å². The van der Waals surface area contributed by atoms with Gasteiger partial charge >= 0.3 is 0 Å². The van der Waals surface area contributed by atoms with Gasteiger partial charge in [0, 0.05) is 37.0 Å². The predicted octanol–water partition coefficient (Wildman–Crippen LogP) is 4.42. The van der Waals surface area contributed by atoms with E-state index in [0.717, 1.165) is 68.0 Å². The Morgan fingerprint density at radius 1 is 1.16 bits per heavy atom. The molecule has 4 rings (SSSR count). The number of amides is 2. The summed E-state index contributed by atoms with van der Waals surface area (Å²) in [5.74, 6) is 2.27. The molecule has 1 saturated carbocycles. The van der Waals surface area contributed by atoms with Crippen molar-refractivity contribution in [2.24, 2.45) is 24.8 Å². The van der Waals surface area contributed by atoms with Crippen molar-refractivity contribution >= 4 is 29.2 Å². The topological polar surface area (TPSA) is 91.3 Å². The van der Waals surface area contributed by atoms with Crippen LogP contribution in [0.25, 0.3) is 0 Å². The highest BCUT2D eigenvalue weighted by Crippen LogP contribution is 2.35. The molecular formula is C28H41ClN6O2. The Morgan fingerprint density at radius 3 is 2.62 bits per heavy atom. The fourth-order valence-corrected chi connectivity index (χ4v) is 5.84. The minimum atomic E-state index is -0.0356. The maximum absolute atomic E-state index is 13.8. The minimum Gasteiger partial charge on any atom is -0.356 e. The van der Waals surface area contributed by atoms with Crippen LogP contribution in [0.5, 0.6) is 0 Å². The Hall–Kier alpha value is -2.58. The van der Waals surface area contributed by atoms with E-state index in [4.69, 9.17) is 11.6 Å². The van der Waals surface area contributed by atoms with Crippen LogP contribution in [-0.2, 0) is 23.2 Å². The van der Waals surface area contributed by atoms with E-state index < -0.39 is 0 Å². The average Bonchev–Trinajstić information content (AvgIpc) is 3.18. The van der Waals surface area contributed by atoms with Crippen molar-refractivity contribution < 1.29 is 9.59 Å². The molecule has 1 aromatic heterocycles. The van der Waals surface area contributed by atoms with Crippen molar-refractivity contribution in [1.29, 1.82) is 0 Å². The van der Waals surface area contributed by atoms with E-state index in [1.54, 1.807) is 10.8 Å². The van der Waals surface area contributed by atoms with Gasteiger partial charge in [-0.1, -0.05) is 17.7 Å². The largest absolute Gasteiger partial charge is 0.356 e. The Morgan fingerprint density at radius 2 is 1.92 bits per heavy atom. The highest BCUT2D eigenvalue weighted by molar-refractivity contribution is 6.25. The number of halogens is 1. The van der Waals surface area contributed by atoms with Crippen LogP contribution in [0.15, 0.2) is 41.4 Å². The quantitative estimate of drug-likeness (QED) is 0.487. The fourth-order valence-electron chi connectivity index (χ4n) is 5.76. The molecule has 1 aromatic rings. The molecule has 3 heterocycles. The van der Waals surface area contributed by atoms with Crippen LogP contribution in [0.2, 0.25) is 0 Å². The van der Waals surface area contributed by atoms with Gasteiger partial charge in [0.25, 0.3) is 0 Å². The van der Waals surface area contributed by atoms with Gasteiger partial charge in [0.2, 0.25) is 11.8 Å². The third kappa shape index (κ3) is 7.05. The van der Waals surface area contributed by atoms with E-state index in [9.17, 15) is 9.59 Å². The first-order valence-electron chi connectivity index (χ1n) is 13.7. The molecule has 1 saturated heterocycles. The number of aromatic nitrogens is 2. The summed E-state index contributed by atoms with van der Waals surface area (Å²) in [7, 11) is 1.90. The Balaban J connectivity index is 1.33. The molecule has 0 unspecified atom stereocenters. The highest BCUT2D eigenvalue weighted by Gasteiger charge is 2.34. The predicted molar refractivity (Wildman–Crippen MR) is 147 cm³/mol. The summed E-state index contributed by atoms with van der Waals surface area (Å²) >= 11 is 5.83. The lowest BCUT2D eigenvalue weighted by atomic mass is 9.81. The maximum Gasteiger partial charge on any atom is 0.230 e. The fraction of sp³-hybridized carbons (Fsp3) is 0.607. The Labute approximate surface area is 225 Å². The van der Waals surface area contributed by atoms with Crippen molar-refractivity contribution in [2.45, 2.75) is 64.8 Å². The average molecular weight is 529 g/mol. The summed E-state index contributed by atoms with van der Waals surface area (Å²) in [6.45, 7) is 5.27. The molecule has 3 N–H and O–H groups in total. The summed E-state index contributed by atoms with van der Waals surface area (Å²) in [5, 5.41) is 14.4. The first-order chi connectivity index (χ1) is 18.0. The van der Waals surface area contributed by atoms with Gasteiger partial charge in [-0.25, -0.2) is 0 Å². The zero-order chi connectivity index (χ0) is 26.2. The molecule has 1 aliphatic carbocycles. The number of allylic oxidation sites excluding steroid dienone is 3. The number of carbonyl (C=O) groups excluding carboxylic acids is 2. The van der Waals surface area contributed by atoms with E-state index >= 15 is 0 Å². The van der Waals surface area contributed by atoms with Crippen LogP contribution in [0.3, 0.4) is 0 Å². The van der Waals surface area contributed by atoms with Crippen molar-refractivity contribution in [2.75, 3.05) is 25.0 Å². The molecule has 8 nitrogen and oxygen atoms in total. The molecule has 2 aliphatic heterocycles. The van der Waals surface area contributed by atoms with E-state index in [1.165, 1.54) is 18.4 Å². The van der Waals surface area contributed by atoms with Crippen LogP contribution >= 0.6 is 11.6 Å². The van der Waals surface area contributed by atoms with Crippen LogP contribution in [0.4, 0.5) is 5.82 Å². The first kappa shape index (κ1) is 27.5. The number of hydrogen-bond donors (Lipinski definition) is 3. The second-order valence-electron chi connectivity index (χ2n) is 10.5. The van der Waals surface area contributed by atoms with Crippen LogP contribution in [-0.4, -0.2) is 46.1 Å². The molecule has 0 aromatic carbocycles. The number of nitrogens with one attached hydrogen (secondary N) is 3. The van der Waals surface area contributed by atoms with Gasteiger partial charge in [0.1, 0.15) is 5.82 Å². The van der Waals surface area contributed by atoms with E-state index in [2.05, 4.69) is 21.0 Å². The molecule has 2 fully saturated rings. The molecule has 0 radical (unpaired) electrons. The van der Waals surface area contributed by atoms with E-state index in [1.807, 2.05) is 37.2 Å². The molecular weight excluding hydrogens is 488 g/mol. The standard InChI is InChI=1S/C28H41ClN6O2/c1-3-24-25(5-4-14-29)35(19-23-18-32-34(2)27(23)33-24)28(37)22-9-6-21(7-10-22)17-31-26(36)11-8-20-12-15-30-16-13-20/h3-5,14,18,20-22,30,33H,6-13,15-17,19H2,1-2H3,(H,31,36)/b14-4+,24-3+,25-5+. The second kappa shape index (κ2) is 13.3. The van der Waals surface area contributed by atoms with Gasteiger partial charge < -0.3 is 20.9 Å². The molecule has 202 valence electrons. The lowest BCUT2D eigenvalue weighted by molar-refractivity contribution is -0.135. The van der Waals surface area contributed by atoms with Gasteiger partial charge in [-0.3, -0.25) is 14.3 Å². The smallest absolute Gasteiger partial charge is 0.230 e. The summed E-state index contributed by atoms with van der Waals surface area (Å²) in [6.07, 6.45) is 15.0. The van der Waals surface area contributed by atoms with Crippen LogP contribution in [0, 0.1) is 17.8 Å². The van der Waals surface area contributed by atoms with Gasteiger partial charge in [-0.15, -0.1) is 0 Å². The Kier molecular flexibility index (Phi) is 9.86. The molecule has 37 heavy (non-hydrogen) atoms. The summed E-state index contributed by atoms with van der Waals surface area (Å²) in [4.78, 5) is 28.1. The third-order valence-electron chi connectivity index (χ3n) is 8.07. The normalized spacial score (nSPS) is 25.2. The number of nitrogens with zero attached hydrogens (tertiary/aromatic N) is 3.